The Morgan fingerprint density at radius 3 is 2.63 bits per heavy atom. The molecule has 0 radical (unpaired) electrons. The van der Waals surface area contributed by atoms with Gasteiger partial charge in [-0.1, -0.05) is 0 Å². The number of nitrogens with two attached hydrogens (primary N) is 1. The van der Waals surface area contributed by atoms with Crippen molar-refractivity contribution in [1.29, 1.82) is 5.26 Å². The number of nitrogens with zero attached hydrogens (tertiary/aromatic N) is 4. The van der Waals surface area contributed by atoms with E-state index in [9.17, 15) is 0 Å². The van der Waals surface area contributed by atoms with Gasteiger partial charge in [0.1, 0.15) is 0 Å². The summed E-state index contributed by atoms with van der Waals surface area (Å²) in [6, 6.07) is 9.66. The van der Waals surface area contributed by atoms with Crippen LogP contribution in [-0.2, 0) is 13.6 Å². The maximum Gasteiger partial charge on any atom is 0.0991 e. The first kappa shape index (κ1) is 13.1. The molecule has 98 valence electrons. The lowest BCUT2D eigenvalue weighted by atomic mass is 10.2. The predicted octanol–water partition coefficient (Wildman–Crippen LogP) is 1.26. The minimum atomic E-state index is 0.581. The number of anilines is 1. The van der Waals surface area contributed by atoms with Gasteiger partial charge in [-0.25, -0.2) is 4.98 Å². The van der Waals surface area contributed by atoms with E-state index >= 15 is 0 Å². The summed E-state index contributed by atoms with van der Waals surface area (Å²) in [7, 11) is 1.97. The second-order valence-electron chi connectivity index (χ2n) is 4.36. The van der Waals surface area contributed by atoms with Gasteiger partial charge >= 0.3 is 0 Å². The summed E-state index contributed by atoms with van der Waals surface area (Å²) in [6.07, 6.45) is 3.64. The number of nitriles is 1. The molecule has 0 amide bonds. The summed E-state index contributed by atoms with van der Waals surface area (Å²) in [5, 5.41) is 8.82. The average Bonchev–Trinajstić information content (AvgIpc) is 2.84. The van der Waals surface area contributed by atoms with Gasteiger partial charge in [0.05, 0.1) is 30.2 Å². The summed E-state index contributed by atoms with van der Waals surface area (Å²) < 4.78 is 1.99. The lowest BCUT2D eigenvalue weighted by Crippen LogP contribution is -2.29. The van der Waals surface area contributed by atoms with E-state index in [-0.39, 0.29) is 0 Å². The summed E-state index contributed by atoms with van der Waals surface area (Å²) in [4.78, 5) is 6.30. The van der Waals surface area contributed by atoms with Crippen molar-refractivity contribution < 1.29 is 0 Å². The van der Waals surface area contributed by atoms with Crippen LogP contribution in [0.15, 0.2) is 36.8 Å². The van der Waals surface area contributed by atoms with Crippen molar-refractivity contribution in [3.8, 4) is 6.07 Å². The number of aromatic nitrogens is 2. The molecule has 0 aliphatic rings. The molecule has 0 saturated heterocycles. The van der Waals surface area contributed by atoms with E-state index in [4.69, 9.17) is 11.0 Å². The Kier molecular flexibility index (Phi) is 4.16. The molecule has 2 aromatic rings. The molecule has 1 aromatic carbocycles. The molecular formula is C14H17N5. The molecule has 2 N–H and O–H groups in total. The van der Waals surface area contributed by atoms with Crippen molar-refractivity contribution in [3.63, 3.8) is 0 Å². The van der Waals surface area contributed by atoms with E-state index in [1.807, 2.05) is 42.1 Å². The number of hydrogen-bond acceptors (Lipinski definition) is 4. The zero-order chi connectivity index (χ0) is 13.7. The molecule has 1 heterocycles. The van der Waals surface area contributed by atoms with Crippen LogP contribution in [0.4, 0.5) is 5.69 Å². The van der Waals surface area contributed by atoms with Gasteiger partial charge < -0.3 is 15.2 Å². The van der Waals surface area contributed by atoms with Crippen LogP contribution in [0, 0.1) is 11.3 Å². The van der Waals surface area contributed by atoms with E-state index in [0.29, 0.717) is 12.1 Å². The minimum absolute atomic E-state index is 0.581. The molecule has 0 saturated carbocycles. The fourth-order valence-corrected chi connectivity index (χ4v) is 1.93. The predicted molar refractivity (Wildman–Crippen MR) is 74.5 cm³/mol. The number of aryl methyl sites for hydroxylation is 1. The molecule has 5 heteroatoms. The van der Waals surface area contributed by atoms with Gasteiger partial charge in [0.2, 0.25) is 0 Å². The standard InChI is InChI=1S/C14H17N5/c1-18-11-17-9-14(18)10-19(7-6-15)13-4-2-12(8-16)3-5-13/h2-5,9,11H,6-7,10,15H2,1H3. The minimum Gasteiger partial charge on any atom is -0.364 e. The number of imidazole rings is 1. The van der Waals surface area contributed by atoms with Gasteiger partial charge in [0.15, 0.2) is 0 Å². The second kappa shape index (κ2) is 6.03. The SMILES string of the molecule is Cn1cncc1CN(CCN)c1ccc(C#N)cc1. The highest BCUT2D eigenvalue weighted by Gasteiger charge is 2.09. The quantitative estimate of drug-likeness (QED) is 0.873. The Morgan fingerprint density at radius 2 is 2.11 bits per heavy atom. The second-order valence-corrected chi connectivity index (χ2v) is 4.36. The molecule has 0 unspecified atom stereocenters. The van der Waals surface area contributed by atoms with Crippen LogP contribution in [0.25, 0.3) is 0 Å². The summed E-state index contributed by atoms with van der Waals surface area (Å²) in [5.41, 5.74) is 8.52. The lowest BCUT2D eigenvalue weighted by molar-refractivity contribution is 0.734. The average molecular weight is 255 g/mol. The zero-order valence-corrected chi connectivity index (χ0v) is 11.0. The van der Waals surface area contributed by atoms with Crippen LogP contribution in [0.2, 0.25) is 0 Å². The molecule has 2 rings (SSSR count). The van der Waals surface area contributed by atoms with Gasteiger partial charge in [-0.2, -0.15) is 5.26 Å². The van der Waals surface area contributed by atoms with Gasteiger partial charge in [-0.3, -0.25) is 0 Å². The number of hydrogen-bond donors (Lipinski definition) is 1. The van der Waals surface area contributed by atoms with Gasteiger partial charge in [-0.15, -0.1) is 0 Å². The molecule has 0 aliphatic carbocycles. The smallest absolute Gasteiger partial charge is 0.0991 e. The Morgan fingerprint density at radius 1 is 1.37 bits per heavy atom. The van der Waals surface area contributed by atoms with Crippen molar-refractivity contribution in [2.75, 3.05) is 18.0 Å². The van der Waals surface area contributed by atoms with E-state index in [1.165, 1.54) is 0 Å². The highest BCUT2D eigenvalue weighted by molar-refractivity contribution is 5.49. The first-order valence-corrected chi connectivity index (χ1v) is 6.15. The Bertz CT molecular complexity index is 564. The molecule has 0 aliphatic heterocycles. The topological polar surface area (TPSA) is 70.9 Å². The molecule has 0 spiro atoms. The van der Waals surface area contributed by atoms with E-state index in [0.717, 1.165) is 24.5 Å². The number of rotatable bonds is 5. The van der Waals surface area contributed by atoms with E-state index in [2.05, 4.69) is 16.0 Å². The Hall–Kier alpha value is -2.32. The monoisotopic (exact) mass is 255 g/mol. The molecular weight excluding hydrogens is 238 g/mol. The molecule has 5 nitrogen and oxygen atoms in total. The summed E-state index contributed by atoms with van der Waals surface area (Å²) in [5.74, 6) is 0. The van der Waals surface area contributed by atoms with Crippen molar-refractivity contribution in [2.24, 2.45) is 12.8 Å². The van der Waals surface area contributed by atoms with Crippen LogP contribution in [0.3, 0.4) is 0 Å². The van der Waals surface area contributed by atoms with Gasteiger partial charge in [0.25, 0.3) is 0 Å². The van der Waals surface area contributed by atoms with Gasteiger partial charge in [-0.05, 0) is 24.3 Å². The summed E-state index contributed by atoms with van der Waals surface area (Å²) in [6.45, 7) is 2.09. The van der Waals surface area contributed by atoms with Crippen LogP contribution in [0.5, 0.6) is 0 Å². The molecule has 0 atom stereocenters. The lowest BCUT2D eigenvalue weighted by Gasteiger charge is -2.24. The molecule has 19 heavy (non-hydrogen) atoms. The van der Waals surface area contributed by atoms with Crippen molar-refractivity contribution in [3.05, 3.63) is 48.0 Å². The third-order valence-corrected chi connectivity index (χ3v) is 3.03. The van der Waals surface area contributed by atoms with Gasteiger partial charge in [0, 0.05) is 32.0 Å². The highest BCUT2D eigenvalue weighted by Crippen LogP contribution is 2.17. The fourth-order valence-electron chi connectivity index (χ4n) is 1.93. The van der Waals surface area contributed by atoms with Crippen molar-refractivity contribution in [2.45, 2.75) is 6.54 Å². The van der Waals surface area contributed by atoms with Crippen molar-refractivity contribution >= 4 is 5.69 Å². The molecule has 0 bridgehead atoms. The first-order chi connectivity index (χ1) is 9.24. The Labute approximate surface area is 112 Å². The molecule has 0 fully saturated rings. The van der Waals surface area contributed by atoms with Crippen LogP contribution in [0.1, 0.15) is 11.3 Å². The first-order valence-electron chi connectivity index (χ1n) is 6.15. The van der Waals surface area contributed by atoms with Crippen LogP contribution < -0.4 is 10.6 Å². The zero-order valence-electron chi connectivity index (χ0n) is 11.0. The maximum absolute atomic E-state index is 8.82. The Balaban J connectivity index is 2.19. The van der Waals surface area contributed by atoms with E-state index < -0.39 is 0 Å². The van der Waals surface area contributed by atoms with Crippen LogP contribution >= 0.6 is 0 Å². The highest BCUT2D eigenvalue weighted by atomic mass is 15.2. The van der Waals surface area contributed by atoms with Crippen molar-refractivity contribution in [1.82, 2.24) is 9.55 Å². The third-order valence-electron chi connectivity index (χ3n) is 3.03. The van der Waals surface area contributed by atoms with Crippen LogP contribution in [-0.4, -0.2) is 22.6 Å². The third kappa shape index (κ3) is 3.12. The number of benzene rings is 1. The van der Waals surface area contributed by atoms with E-state index in [1.54, 1.807) is 6.33 Å². The normalized spacial score (nSPS) is 10.2. The maximum atomic E-state index is 8.82. The molecule has 1 aromatic heterocycles. The fraction of sp³-hybridized carbons (Fsp3) is 0.286. The summed E-state index contributed by atoms with van der Waals surface area (Å²) >= 11 is 0. The largest absolute Gasteiger partial charge is 0.364 e.